The van der Waals surface area contributed by atoms with E-state index in [1.807, 2.05) is 18.2 Å². The third-order valence-corrected chi connectivity index (χ3v) is 6.39. The normalized spacial score (nSPS) is 14.3. The van der Waals surface area contributed by atoms with E-state index in [0.717, 1.165) is 30.2 Å². The van der Waals surface area contributed by atoms with Gasteiger partial charge in [0.25, 0.3) is 0 Å². The van der Waals surface area contributed by atoms with Crippen LogP contribution in [0.25, 0.3) is 4.72 Å². The number of hydrogen-bond donors (Lipinski definition) is 1. The fourth-order valence-electron chi connectivity index (χ4n) is 3.58. The average molecular weight is 511 g/mol. The van der Waals surface area contributed by atoms with Crippen molar-refractivity contribution in [2.45, 2.75) is 85.6 Å². The summed E-state index contributed by atoms with van der Waals surface area (Å²) in [5.74, 6) is 7.85. The SMILES string of the molecule is C=CC(C)CC(C)C.C=CC(CC(C)C)NC(=C)C(CC(C)C)[N-]S(=C)Cc1ccccc1.[K+]. The first-order valence-corrected chi connectivity index (χ1v) is 14.0. The van der Waals surface area contributed by atoms with E-state index < -0.39 is 0 Å². The van der Waals surface area contributed by atoms with Crippen molar-refractivity contribution in [2.24, 2.45) is 23.7 Å². The molecule has 4 unspecified atom stereocenters. The number of rotatable bonds is 15. The van der Waals surface area contributed by atoms with Crippen LogP contribution < -0.4 is 56.7 Å². The summed E-state index contributed by atoms with van der Waals surface area (Å²) in [7, 11) is -0.267. The van der Waals surface area contributed by atoms with Crippen molar-refractivity contribution in [3.05, 3.63) is 78.2 Å². The first-order valence-electron chi connectivity index (χ1n) is 12.4. The van der Waals surface area contributed by atoms with Crippen molar-refractivity contribution in [2.75, 3.05) is 0 Å². The van der Waals surface area contributed by atoms with E-state index in [-0.39, 0.29) is 74.1 Å². The van der Waals surface area contributed by atoms with Crippen LogP contribution in [0.1, 0.15) is 73.3 Å². The van der Waals surface area contributed by atoms with Gasteiger partial charge in [0.15, 0.2) is 0 Å². The molecule has 1 aromatic carbocycles. The molecule has 0 aliphatic heterocycles. The molecule has 0 aliphatic rings. The van der Waals surface area contributed by atoms with E-state index in [9.17, 15) is 0 Å². The van der Waals surface area contributed by atoms with Gasteiger partial charge in [-0.1, -0.05) is 116 Å². The molecular formula is C30H51KN2S. The molecule has 4 atom stereocenters. The molecule has 0 aliphatic carbocycles. The summed E-state index contributed by atoms with van der Waals surface area (Å²) in [6.45, 7) is 27.5. The van der Waals surface area contributed by atoms with Crippen LogP contribution in [0.15, 0.2) is 67.9 Å². The maximum atomic E-state index is 5.00. The maximum Gasteiger partial charge on any atom is 1.00 e. The zero-order valence-electron chi connectivity index (χ0n) is 23.5. The monoisotopic (exact) mass is 510 g/mol. The molecule has 1 aromatic rings. The van der Waals surface area contributed by atoms with Gasteiger partial charge in [-0.2, -0.15) is 0 Å². The molecule has 1 N–H and O–H groups in total. The van der Waals surface area contributed by atoms with Gasteiger partial charge in [-0.05, 0) is 53.5 Å². The van der Waals surface area contributed by atoms with Gasteiger partial charge < -0.3 is 10.0 Å². The summed E-state index contributed by atoms with van der Waals surface area (Å²) < 4.78 is 5.00. The number of nitrogens with one attached hydrogen (secondary N) is 1. The maximum absolute atomic E-state index is 5.00. The fraction of sp³-hybridized carbons (Fsp3) is 0.567. The second-order valence-electron chi connectivity index (χ2n) is 10.3. The van der Waals surface area contributed by atoms with Crippen LogP contribution in [0.2, 0.25) is 0 Å². The summed E-state index contributed by atoms with van der Waals surface area (Å²) in [6.07, 6.45) is 7.30. The molecule has 0 bridgehead atoms. The van der Waals surface area contributed by atoms with Crippen LogP contribution in [0.5, 0.6) is 0 Å². The van der Waals surface area contributed by atoms with Gasteiger partial charge in [0.2, 0.25) is 0 Å². The van der Waals surface area contributed by atoms with Crippen LogP contribution >= 0.6 is 10.7 Å². The Morgan fingerprint density at radius 2 is 1.41 bits per heavy atom. The first kappa shape index (κ1) is 36.2. The van der Waals surface area contributed by atoms with Gasteiger partial charge in [0.1, 0.15) is 0 Å². The Hall–Kier alpha value is 0.0564. The average Bonchev–Trinajstić information content (AvgIpc) is 2.72. The number of allylic oxidation sites excluding steroid dienone is 1. The van der Waals surface area contributed by atoms with Crippen LogP contribution in [-0.2, 0) is 5.75 Å². The van der Waals surface area contributed by atoms with Crippen molar-refractivity contribution in [3.63, 3.8) is 0 Å². The molecule has 2 nitrogen and oxygen atoms in total. The smallest absolute Gasteiger partial charge is 0.602 e. The summed E-state index contributed by atoms with van der Waals surface area (Å²) in [5, 5.41) is 3.54. The van der Waals surface area contributed by atoms with Crippen molar-refractivity contribution < 1.29 is 51.4 Å². The molecule has 0 heterocycles. The number of benzene rings is 1. The van der Waals surface area contributed by atoms with Crippen LogP contribution in [0.3, 0.4) is 0 Å². The molecular weight excluding hydrogens is 460 g/mol. The Morgan fingerprint density at radius 3 is 1.82 bits per heavy atom. The molecule has 188 valence electrons. The van der Waals surface area contributed by atoms with Crippen LogP contribution in [0, 0.1) is 23.7 Å². The minimum Gasteiger partial charge on any atom is -0.602 e. The van der Waals surface area contributed by atoms with Gasteiger partial charge in [0.05, 0.1) is 0 Å². The van der Waals surface area contributed by atoms with Gasteiger partial charge in [0, 0.05) is 6.04 Å². The fourth-order valence-corrected chi connectivity index (χ4v) is 4.80. The predicted octanol–water partition coefficient (Wildman–Crippen LogP) is 6.15. The standard InChI is InChI=1S/C22H35N2S.C8H16.K/c1-8-21(14-17(2)3)23-19(6)22(15-18(4)5)24-25(7)16-20-12-10-9-11-13-20;1-5-8(4)6-7(2)3;/h8-13,17-18,21-23H,1,6-7,14-16H2,2-5H3;5,7-8H,1,6H2,2-4H3;/q-1;;+1. The molecule has 34 heavy (non-hydrogen) atoms. The Bertz CT molecular complexity index is 697. The van der Waals surface area contributed by atoms with E-state index in [1.54, 1.807) is 0 Å². The van der Waals surface area contributed by atoms with Gasteiger partial charge >= 0.3 is 51.4 Å². The molecule has 0 aromatic heterocycles. The number of hydrogen-bond acceptors (Lipinski definition) is 1. The van der Waals surface area contributed by atoms with Crippen LogP contribution in [-0.4, -0.2) is 18.0 Å². The van der Waals surface area contributed by atoms with E-state index >= 15 is 0 Å². The van der Waals surface area contributed by atoms with E-state index in [1.165, 1.54) is 12.0 Å². The van der Waals surface area contributed by atoms with E-state index in [2.05, 4.69) is 104 Å². The molecule has 4 heteroatoms. The summed E-state index contributed by atoms with van der Waals surface area (Å²) in [6, 6.07) is 10.8. The molecule has 1 rings (SSSR count). The quantitative estimate of drug-likeness (QED) is 0.171. The van der Waals surface area contributed by atoms with E-state index in [4.69, 9.17) is 4.72 Å². The summed E-state index contributed by atoms with van der Waals surface area (Å²) >= 11 is 0. The topological polar surface area (TPSA) is 26.1 Å². The largest absolute Gasteiger partial charge is 1.00 e. The third-order valence-electron chi connectivity index (χ3n) is 5.18. The Morgan fingerprint density at radius 1 is 0.882 bits per heavy atom. The minimum absolute atomic E-state index is 0. The molecule has 0 spiro atoms. The van der Waals surface area contributed by atoms with Gasteiger partial charge in [-0.15, -0.1) is 13.2 Å². The molecule has 0 saturated carbocycles. The van der Waals surface area contributed by atoms with Crippen molar-refractivity contribution in [1.82, 2.24) is 5.32 Å². The Kier molecular flexibility index (Phi) is 22.5. The zero-order valence-corrected chi connectivity index (χ0v) is 27.5. The first-order chi connectivity index (χ1) is 15.5. The molecule has 0 radical (unpaired) electrons. The zero-order chi connectivity index (χ0) is 25.4. The Balaban J connectivity index is 0. The summed E-state index contributed by atoms with van der Waals surface area (Å²) in [5.41, 5.74) is 2.28. The van der Waals surface area contributed by atoms with Gasteiger partial charge in [-0.25, -0.2) is 0 Å². The molecule has 0 fully saturated rings. The summed E-state index contributed by atoms with van der Waals surface area (Å²) in [4.78, 5) is 0. The minimum atomic E-state index is -0.267. The van der Waals surface area contributed by atoms with E-state index in [0.29, 0.717) is 17.8 Å². The third kappa shape index (κ3) is 19.3. The van der Waals surface area contributed by atoms with Crippen LogP contribution in [0.4, 0.5) is 0 Å². The number of nitrogens with zero attached hydrogens (tertiary/aromatic N) is 1. The molecule has 0 amide bonds. The predicted molar refractivity (Wildman–Crippen MR) is 156 cm³/mol. The van der Waals surface area contributed by atoms with Crippen molar-refractivity contribution in [3.8, 4) is 0 Å². The van der Waals surface area contributed by atoms with Crippen molar-refractivity contribution >= 4 is 16.5 Å². The second-order valence-corrected chi connectivity index (χ2v) is 11.8. The van der Waals surface area contributed by atoms with Crippen molar-refractivity contribution in [1.29, 1.82) is 0 Å². The Labute approximate surface area is 258 Å². The molecule has 0 saturated heterocycles. The van der Waals surface area contributed by atoms with Gasteiger partial charge in [-0.3, -0.25) is 10.7 Å². The second kappa shape index (κ2) is 21.2.